The van der Waals surface area contributed by atoms with Crippen molar-refractivity contribution in [2.24, 2.45) is 0 Å². The summed E-state index contributed by atoms with van der Waals surface area (Å²) in [4.78, 5) is 0. The van der Waals surface area contributed by atoms with Crippen molar-refractivity contribution in [1.82, 2.24) is 0 Å². The number of allylic oxidation sites excluding steroid dienone is 2. The molecule has 0 spiro atoms. The quantitative estimate of drug-likeness (QED) is 0.129. The lowest BCUT2D eigenvalue weighted by Crippen LogP contribution is -2.21. The van der Waals surface area contributed by atoms with Gasteiger partial charge in [0.15, 0.2) is 0 Å². The fourth-order valence-electron chi connectivity index (χ4n) is 6.80. The molecule has 0 unspecified atom stereocenters. The van der Waals surface area contributed by atoms with Gasteiger partial charge in [0.1, 0.15) is 0 Å². The third-order valence-electron chi connectivity index (χ3n) is 9.24. The van der Waals surface area contributed by atoms with Crippen molar-refractivity contribution in [3.05, 3.63) is 169 Å². The van der Waals surface area contributed by atoms with E-state index in [9.17, 15) is 26.3 Å². The van der Waals surface area contributed by atoms with Gasteiger partial charge in [0.05, 0.1) is 11.1 Å². The Hall–Kier alpha value is -5.88. The molecule has 0 fully saturated rings. The third kappa shape index (κ3) is 5.87. The molecule has 0 N–H and O–H groups in total. The number of fused-ring (bicyclic) bond motifs is 4. The van der Waals surface area contributed by atoms with E-state index in [0.717, 1.165) is 55.9 Å². The summed E-state index contributed by atoms with van der Waals surface area (Å²) in [6.07, 6.45) is -10.6. The Balaban J connectivity index is 1.21. The van der Waals surface area contributed by atoms with Crippen molar-refractivity contribution >= 4 is 54.2 Å². The Labute approximate surface area is 283 Å². The molecular weight excluding hydrogens is 642 g/mol. The summed E-state index contributed by atoms with van der Waals surface area (Å²) in [6.45, 7) is 0. The zero-order chi connectivity index (χ0) is 34.6. The zero-order valence-electron chi connectivity index (χ0n) is 26.3. The van der Waals surface area contributed by atoms with Crippen LogP contribution in [0.25, 0.3) is 76.5 Å². The molecule has 0 aliphatic heterocycles. The van der Waals surface area contributed by atoms with Gasteiger partial charge in [0.25, 0.3) is 0 Å². The number of alkyl halides is 6. The smallest absolute Gasteiger partial charge is 0.166 e. The zero-order valence-corrected chi connectivity index (χ0v) is 26.3. The van der Waals surface area contributed by atoms with E-state index in [4.69, 9.17) is 0 Å². The largest absolute Gasteiger partial charge is 0.417 e. The van der Waals surface area contributed by atoms with Gasteiger partial charge < -0.3 is 0 Å². The number of rotatable bonds is 4. The molecule has 8 aromatic carbocycles. The van der Waals surface area contributed by atoms with Crippen LogP contribution in [0.1, 0.15) is 11.1 Å². The van der Waals surface area contributed by atoms with Crippen LogP contribution in [0.15, 0.2) is 158 Å². The second kappa shape index (κ2) is 11.9. The van der Waals surface area contributed by atoms with Crippen molar-refractivity contribution in [2.75, 3.05) is 0 Å². The molecule has 6 heteroatoms. The van der Waals surface area contributed by atoms with Crippen LogP contribution in [-0.4, -0.2) is 12.4 Å². The summed E-state index contributed by atoms with van der Waals surface area (Å²) >= 11 is 0. The van der Waals surface area contributed by atoms with E-state index in [1.807, 2.05) is 97.1 Å². The second-order valence-corrected chi connectivity index (χ2v) is 12.4. The van der Waals surface area contributed by atoms with Crippen LogP contribution in [0, 0.1) is 0 Å². The molecule has 0 atom stereocenters. The predicted molar refractivity (Wildman–Crippen MR) is 193 cm³/mol. The fraction of sp³-hybridized carbons (Fsp3) is 0.0455. The highest BCUT2D eigenvalue weighted by atomic mass is 19.4. The Kier molecular flexibility index (Phi) is 7.48. The van der Waals surface area contributed by atoms with Crippen molar-refractivity contribution in [3.8, 4) is 22.3 Å². The molecule has 0 heterocycles. The van der Waals surface area contributed by atoms with Gasteiger partial charge >= 0.3 is 12.4 Å². The molecular formula is C44H26F6. The summed E-state index contributed by atoms with van der Waals surface area (Å²) in [5, 5.41) is 6.25. The fourth-order valence-corrected chi connectivity index (χ4v) is 6.80. The summed E-state index contributed by atoms with van der Waals surface area (Å²) in [7, 11) is 0. The van der Waals surface area contributed by atoms with E-state index < -0.39 is 34.6 Å². The molecule has 0 aromatic heterocycles. The summed E-state index contributed by atoms with van der Waals surface area (Å²) in [5.74, 6) is 0. The first kappa shape index (κ1) is 31.4. The van der Waals surface area contributed by atoms with Crippen LogP contribution in [0.5, 0.6) is 0 Å². The van der Waals surface area contributed by atoms with E-state index in [0.29, 0.717) is 21.5 Å². The van der Waals surface area contributed by atoms with Gasteiger partial charge in [0.2, 0.25) is 0 Å². The number of benzene rings is 8. The maximum Gasteiger partial charge on any atom is 0.417 e. The minimum absolute atomic E-state index is 0.398. The van der Waals surface area contributed by atoms with Gasteiger partial charge in [-0.3, -0.25) is 0 Å². The molecule has 50 heavy (non-hydrogen) atoms. The van der Waals surface area contributed by atoms with Crippen LogP contribution in [0.3, 0.4) is 0 Å². The Bertz CT molecular complexity index is 2440. The molecule has 8 aromatic rings. The lowest BCUT2D eigenvalue weighted by molar-refractivity contribution is -0.0828. The molecule has 0 nitrogen and oxygen atoms in total. The van der Waals surface area contributed by atoms with Crippen molar-refractivity contribution in [3.63, 3.8) is 0 Å². The first-order valence-electron chi connectivity index (χ1n) is 16.0. The van der Waals surface area contributed by atoms with Crippen LogP contribution in [0.2, 0.25) is 0 Å². The minimum Gasteiger partial charge on any atom is -0.166 e. The molecule has 244 valence electrons. The highest BCUT2D eigenvalue weighted by Gasteiger charge is 2.46. The van der Waals surface area contributed by atoms with Crippen molar-refractivity contribution in [1.29, 1.82) is 0 Å². The number of hydrogen-bond donors (Lipinski definition) is 0. The van der Waals surface area contributed by atoms with Crippen molar-refractivity contribution in [2.45, 2.75) is 12.4 Å². The van der Waals surface area contributed by atoms with Gasteiger partial charge in [-0.1, -0.05) is 121 Å². The highest BCUT2D eigenvalue weighted by Crippen LogP contribution is 2.47. The van der Waals surface area contributed by atoms with E-state index in [-0.39, 0.29) is 0 Å². The topological polar surface area (TPSA) is 0 Å². The minimum atomic E-state index is -5.29. The standard InChI is InChI=1S/C44H26F6/c45-43(46,47)41(39-19-17-35-23-33(13-15-37(35)25-39)31-11-9-27-5-1-3-7-29(27)21-31)42(44(48,49)50)40-20-18-36-24-34(14-16-38(36)26-40)32-12-10-28-6-2-4-8-30(28)22-32/h1-26H. The number of halogens is 6. The van der Waals surface area contributed by atoms with Gasteiger partial charge in [-0.15, -0.1) is 0 Å². The second-order valence-electron chi connectivity index (χ2n) is 12.4. The Morgan fingerprint density at radius 2 is 0.540 bits per heavy atom. The van der Waals surface area contributed by atoms with E-state index in [1.54, 1.807) is 24.3 Å². The van der Waals surface area contributed by atoms with Crippen LogP contribution in [-0.2, 0) is 0 Å². The molecule has 0 bridgehead atoms. The van der Waals surface area contributed by atoms with Crippen LogP contribution >= 0.6 is 0 Å². The first-order valence-corrected chi connectivity index (χ1v) is 16.0. The Morgan fingerprint density at radius 3 is 0.880 bits per heavy atom. The molecule has 0 aliphatic carbocycles. The van der Waals surface area contributed by atoms with Crippen LogP contribution < -0.4 is 0 Å². The molecule has 0 saturated heterocycles. The molecule has 0 amide bonds. The summed E-state index contributed by atoms with van der Waals surface area (Å²) in [6, 6.07) is 45.8. The van der Waals surface area contributed by atoms with E-state index in [1.165, 1.54) is 24.3 Å². The van der Waals surface area contributed by atoms with Crippen molar-refractivity contribution < 1.29 is 26.3 Å². The molecule has 0 radical (unpaired) electrons. The first-order chi connectivity index (χ1) is 24.0. The number of hydrogen-bond acceptors (Lipinski definition) is 0. The van der Waals surface area contributed by atoms with E-state index in [2.05, 4.69) is 0 Å². The predicted octanol–water partition coefficient (Wildman–Crippen LogP) is 13.7. The van der Waals surface area contributed by atoms with Gasteiger partial charge in [0, 0.05) is 0 Å². The molecule has 8 rings (SSSR count). The monoisotopic (exact) mass is 668 g/mol. The maximum absolute atomic E-state index is 14.8. The lowest BCUT2D eigenvalue weighted by atomic mass is 9.90. The third-order valence-corrected chi connectivity index (χ3v) is 9.24. The average Bonchev–Trinajstić information content (AvgIpc) is 3.11. The lowest BCUT2D eigenvalue weighted by Gasteiger charge is -2.22. The Morgan fingerprint density at radius 1 is 0.280 bits per heavy atom. The van der Waals surface area contributed by atoms with Crippen LogP contribution in [0.4, 0.5) is 26.3 Å². The maximum atomic E-state index is 14.8. The summed E-state index contributed by atoms with van der Waals surface area (Å²) < 4.78 is 88.8. The SMILES string of the molecule is FC(F)(F)C(=C(c1ccc2cc(-c3ccc4ccccc4c3)ccc2c1)C(F)(F)F)c1ccc2cc(-c3ccc4ccccc4c3)ccc2c1. The van der Waals surface area contributed by atoms with E-state index >= 15 is 0 Å². The molecule has 0 aliphatic rings. The van der Waals surface area contributed by atoms with Gasteiger partial charge in [-0.05, 0) is 113 Å². The highest BCUT2D eigenvalue weighted by molar-refractivity contribution is 6.01. The normalized spacial score (nSPS) is 12.9. The average molecular weight is 669 g/mol. The molecule has 0 saturated carbocycles. The van der Waals surface area contributed by atoms with Gasteiger partial charge in [-0.2, -0.15) is 26.3 Å². The summed E-state index contributed by atoms with van der Waals surface area (Å²) in [5.41, 5.74) is -1.02. The van der Waals surface area contributed by atoms with Gasteiger partial charge in [-0.25, -0.2) is 0 Å².